The minimum atomic E-state index is -0.378. The van der Waals surface area contributed by atoms with Crippen LogP contribution in [0.25, 0.3) is 0 Å². The van der Waals surface area contributed by atoms with Crippen LogP contribution in [0, 0.1) is 0 Å². The maximum atomic E-state index is 9.67. The molecule has 4 heteroatoms. The van der Waals surface area contributed by atoms with E-state index < -0.39 is 0 Å². The fourth-order valence-corrected chi connectivity index (χ4v) is 1.43. The van der Waals surface area contributed by atoms with Crippen LogP contribution in [0.5, 0.6) is 0 Å². The fraction of sp³-hybridized carbons (Fsp3) is 0.400. The Balaban J connectivity index is 0.00000169. The molecule has 0 saturated heterocycles. The highest BCUT2D eigenvalue weighted by molar-refractivity contribution is 9.10. The van der Waals surface area contributed by atoms with Gasteiger partial charge in [0, 0.05) is 4.47 Å². The molecule has 0 radical (unpaired) electrons. The van der Waals surface area contributed by atoms with Gasteiger partial charge in [-0.15, -0.1) is 12.4 Å². The van der Waals surface area contributed by atoms with Crippen molar-refractivity contribution in [2.75, 3.05) is 6.54 Å². The Morgan fingerprint density at radius 2 is 1.86 bits per heavy atom. The minimum Gasteiger partial charge on any atom is -0.388 e. The number of benzene rings is 1. The second kappa shape index (κ2) is 7.23. The maximum Gasteiger partial charge on any atom is 0.0790 e. The smallest absolute Gasteiger partial charge is 0.0790 e. The van der Waals surface area contributed by atoms with Gasteiger partial charge in [-0.25, -0.2) is 0 Å². The van der Waals surface area contributed by atoms with Gasteiger partial charge in [0.25, 0.3) is 0 Å². The molecule has 1 atom stereocenters. The van der Waals surface area contributed by atoms with Crippen molar-refractivity contribution >= 4 is 28.3 Å². The van der Waals surface area contributed by atoms with Crippen molar-refractivity contribution in [1.82, 2.24) is 0 Å². The summed E-state index contributed by atoms with van der Waals surface area (Å²) in [6.07, 6.45) is 1.21. The van der Waals surface area contributed by atoms with Crippen molar-refractivity contribution in [2.45, 2.75) is 18.9 Å². The van der Waals surface area contributed by atoms with Gasteiger partial charge in [-0.3, -0.25) is 0 Å². The topological polar surface area (TPSA) is 46.2 Å². The molecule has 1 unspecified atom stereocenters. The van der Waals surface area contributed by atoms with Crippen LogP contribution < -0.4 is 5.73 Å². The van der Waals surface area contributed by atoms with Crippen molar-refractivity contribution in [3.63, 3.8) is 0 Å². The van der Waals surface area contributed by atoms with Crippen molar-refractivity contribution in [1.29, 1.82) is 0 Å². The molecule has 0 aromatic heterocycles. The number of aliphatic hydroxyl groups excluding tert-OH is 1. The summed E-state index contributed by atoms with van der Waals surface area (Å²) in [6, 6.07) is 7.71. The Morgan fingerprint density at radius 1 is 1.29 bits per heavy atom. The van der Waals surface area contributed by atoms with E-state index >= 15 is 0 Å². The van der Waals surface area contributed by atoms with E-state index in [4.69, 9.17) is 5.73 Å². The lowest BCUT2D eigenvalue weighted by Gasteiger charge is -2.09. The molecule has 1 rings (SSSR count). The largest absolute Gasteiger partial charge is 0.388 e. The average molecular weight is 281 g/mol. The van der Waals surface area contributed by atoms with E-state index in [-0.39, 0.29) is 18.5 Å². The van der Waals surface area contributed by atoms with Gasteiger partial charge in [-0.1, -0.05) is 28.1 Å². The fourth-order valence-electron chi connectivity index (χ4n) is 1.16. The van der Waals surface area contributed by atoms with E-state index in [9.17, 15) is 5.11 Å². The Labute approximate surface area is 99.0 Å². The first-order chi connectivity index (χ1) is 6.24. The van der Waals surface area contributed by atoms with E-state index in [0.717, 1.165) is 22.9 Å². The molecule has 0 aliphatic heterocycles. The van der Waals surface area contributed by atoms with Crippen LogP contribution in [-0.2, 0) is 0 Å². The number of halogens is 2. The molecule has 0 aliphatic rings. The van der Waals surface area contributed by atoms with Gasteiger partial charge in [-0.2, -0.15) is 0 Å². The average Bonchev–Trinajstić information content (AvgIpc) is 2.15. The molecular formula is C10H15BrClNO. The standard InChI is InChI=1S/C10H14BrNO.ClH/c11-9-5-3-8(4-6-9)10(13)2-1-7-12;/h3-6,10,13H,1-2,7,12H2;1H. The zero-order valence-corrected chi connectivity index (χ0v) is 10.2. The predicted octanol–water partition coefficient (Wildman–Crippen LogP) is 2.64. The van der Waals surface area contributed by atoms with Crippen molar-refractivity contribution in [3.05, 3.63) is 34.3 Å². The van der Waals surface area contributed by atoms with Gasteiger partial charge in [0.2, 0.25) is 0 Å². The molecule has 2 nitrogen and oxygen atoms in total. The first kappa shape index (κ1) is 13.9. The lowest BCUT2D eigenvalue weighted by molar-refractivity contribution is 0.165. The Bertz CT molecular complexity index is 253. The molecule has 0 fully saturated rings. The monoisotopic (exact) mass is 279 g/mol. The third kappa shape index (κ3) is 4.42. The number of rotatable bonds is 4. The van der Waals surface area contributed by atoms with Crippen LogP contribution in [0.4, 0.5) is 0 Å². The normalized spacial score (nSPS) is 11.9. The molecule has 0 aliphatic carbocycles. The van der Waals surface area contributed by atoms with Crippen molar-refractivity contribution < 1.29 is 5.11 Å². The van der Waals surface area contributed by atoms with E-state index in [1.54, 1.807) is 0 Å². The molecule has 14 heavy (non-hydrogen) atoms. The number of hydrogen-bond donors (Lipinski definition) is 2. The molecule has 0 amide bonds. The van der Waals surface area contributed by atoms with Crippen LogP contribution in [0.3, 0.4) is 0 Å². The van der Waals surface area contributed by atoms with E-state index in [2.05, 4.69) is 15.9 Å². The van der Waals surface area contributed by atoms with Gasteiger partial charge in [0.1, 0.15) is 0 Å². The van der Waals surface area contributed by atoms with Crippen molar-refractivity contribution in [2.24, 2.45) is 5.73 Å². The number of nitrogens with two attached hydrogens (primary N) is 1. The summed E-state index contributed by atoms with van der Waals surface area (Å²) < 4.78 is 1.03. The predicted molar refractivity (Wildman–Crippen MR) is 64.6 cm³/mol. The first-order valence-electron chi connectivity index (χ1n) is 4.37. The van der Waals surface area contributed by atoms with Crippen LogP contribution in [0.2, 0.25) is 0 Å². The molecule has 1 aromatic rings. The highest BCUT2D eigenvalue weighted by atomic mass is 79.9. The second-order valence-corrected chi connectivity index (χ2v) is 3.91. The summed E-state index contributed by atoms with van der Waals surface area (Å²) in [5.74, 6) is 0. The molecular weight excluding hydrogens is 265 g/mol. The number of aliphatic hydroxyl groups is 1. The molecule has 0 saturated carbocycles. The van der Waals surface area contributed by atoms with Crippen LogP contribution in [-0.4, -0.2) is 11.7 Å². The summed E-state index contributed by atoms with van der Waals surface area (Å²) in [6.45, 7) is 0.633. The zero-order chi connectivity index (χ0) is 9.68. The third-order valence-corrected chi connectivity index (χ3v) is 2.47. The molecule has 80 valence electrons. The van der Waals surface area contributed by atoms with E-state index in [1.165, 1.54) is 0 Å². The summed E-state index contributed by atoms with van der Waals surface area (Å²) >= 11 is 3.35. The molecule has 0 bridgehead atoms. The van der Waals surface area contributed by atoms with Crippen LogP contribution in [0.15, 0.2) is 28.7 Å². The van der Waals surface area contributed by atoms with Crippen molar-refractivity contribution in [3.8, 4) is 0 Å². The summed E-state index contributed by atoms with van der Waals surface area (Å²) in [5, 5.41) is 9.67. The van der Waals surface area contributed by atoms with Gasteiger partial charge in [0.15, 0.2) is 0 Å². The SMILES string of the molecule is Cl.NCCCC(O)c1ccc(Br)cc1. The zero-order valence-electron chi connectivity index (χ0n) is 7.82. The second-order valence-electron chi connectivity index (χ2n) is 3.00. The third-order valence-electron chi connectivity index (χ3n) is 1.94. The Hall–Kier alpha value is -0.0900. The van der Waals surface area contributed by atoms with Gasteiger partial charge >= 0.3 is 0 Å². The lowest BCUT2D eigenvalue weighted by Crippen LogP contribution is -2.03. The van der Waals surface area contributed by atoms with Gasteiger partial charge in [0.05, 0.1) is 6.10 Å². The maximum absolute atomic E-state index is 9.67. The highest BCUT2D eigenvalue weighted by Gasteiger charge is 2.05. The summed E-state index contributed by atoms with van der Waals surface area (Å²) in [7, 11) is 0. The number of hydrogen-bond acceptors (Lipinski definition) is 2. The van der Waals surface area contributed by atoms with E-state index in [1.807, 2.05) is 24.3 Å². The molecule has 0 spiro atoms. The Kier molecular flexibility index (Phi) is 7.19. The summed E-state index contributed by atoms with van der Waals surface area (Å²) in [5.41, 5.74) is 6.32. The first-order valence-corrected chi connectivity index (χ1v) is 5.17. The molecule has 0 heterocycles. The Morgan fingerprint density at radius 3 is 2.36 bits per heavy atom. The van der Waals surface area contributed by atoms with E-state index in [0.29, 0.717) is 6.54 Å². The summed E-state index contributed by atoms with van der Waals surface area (Å²) in [4.78, 5) is 0. The van der Waals surface area contributed by atoms with Gasteiger partial charge < -0.3 is 10.8 Å². The highest BCUT2D eigenvalue weighted by Crippen LogP contribution is 2.19. The minimum absolute atomic E-state index is 0. The molecule has 3 N–H and O–H groups in total. The quantitative estimate of drug-likeness (QED) is 0.891. The van der Waals surface area contributed by atoms with Crippen LogP contribution in [0.1, 0.15) is 24.5 Å². The lowest BCUT2D eigenvalue weighted by atomic mass is 10.1. The van der Waals surface area contributed by atoms with Gasteiger partial charge in [-0.05, 0) is 37.1 Å². The van der Waals surface area contributed by atoms with Crippen LogP contribution >= 0.6 is 28.3 Å². The molecule has 1 aromatic carbocycles.